The minimum atomic E-state index is -0.0128. The Bertz CT molecular complexity index is 333. The van der Waals surface area contributed by atoms with Gasteiger partial charge in [0.1, 0.15) is 6.17 Å². The summed E-state index contributed by atoms with van der Waals surface area (Å²) in [6, 6.07) is 0. The second-order valence-electron chi connectivity index (χ2n) is 3.24. The van der Waals surface area contributed by atoms with Gasteiger partial charge in [-0.25, -0.2) is 0 Å². The van der Waals surface area contributed by atoms with Crippen LogP contribution in [0.3, 0.4) is 0 Å². The lowest BCUT2D eigenvalue weighted by atomic mass is 10.3. The van der Waals surface area contributed by atoms with Crippen molar-refractivity contribution in [2.75, 3.05) is 13.6 Å². The Hall–Kier alpha value is -1.36. The second-order valence-corrected chi connectivity index (χ2v) is 3.24. The highest BCUT2D eigenvalue weighted by Crippen LogP contribution is 2.19. The number of nitrogens with zero attached hydrogens (tertiary/aromatic N) is 3. The van der Waals surface area contributed by atoms with E-state index in [1.54, 1.807) is 22.8 Å². The van der Waals surface area contributed by atoms with Crippen molar-refractivity contribution in [3.05, 3.63) is 18.0 Å². The maximum atomic E-state index is 11.2. The molecule has 0 saturated carbocycles. The van der Waals surface area contributed by atoms with E-state index in [9.17, 15) is 4.79 Å². The number of rotatable bonds is 1. The highest BCUT2D eigenvalue weighted by Gasteiger charge is 2.28. The quantitative estimate of drug-likeness (QED) is 0.632. The molecule has 1 aromatic rings. The van der Waals surface area contributed by atoms with Crippen molar-refractivity contribution in [3.63, 3.8) is 0 Å². The molecule has 0 spiro atoms. The molecule has 1 unspecified atom stereocenters. The lowest BCUT2D eigenvalue weighted by Crippen LogP contribution is -2.25. The first-order chi connectivity index (χ1) is 6.18. The molecule has 70 valence electrons. The van der Waals surface area contributed by atoms with Gasteiger partial charge in [0.05, 0.1) is 12.7 Å². The highest BCUT2D eigenvalue weighted by molar-refractivity contribution is 5.80. The molecule has 5 heteroatoms. The molecule has 1 atom stereocenters. The Morgan fingerprint density at radius 3 is 2.85 bits per heavy atom. The third kappa shape index (κ3) is 1.31. The van der Waals surface area contributed by atoms with Crippen LogP contribution in [0.1, 0.15) is 11.7 Å². The summed E-state index contributed by atoms with van der Waals surface area (Å²) in [4.78, 5) is 12.9. The number of carbonyl (C=O) groups excluding carboxylic acids is 1. The van der Waals surface area contributed by atoms with Gasteiger partial charge in [0.2, 0.25) is 5.91 Å². The Morgan fingerprint density at radius 2 is 2.38 bits per heavy atom. The van der Waals surface area contributed by atoms with Gasteiger partial charge in [-0.15, -0.1) is 0 Å². The number of likely N-dealkylation sites (N-methyl/N-ethyl adjacent to an activating group) is 1. The Kier molecular flexibility index (Phi) is 1.81. The summed E-state index contributed by atoms with van der Waals surface area (Å²) in [5.74, 6) is 0.119. The zero-order valence-corrected chi connectivity index (χ0v) is 7.69. The predicted molar refractivity (Wildman–Crippen MR) is 46.7 cm³/mol. The van der Waals surface area contributed by atoms with E-state index in [0.717, 1.165) is 5.56 Å². The lowest BCUT2D eigenvalue weighted by Gasteiger charge is -2.17. The molecule has 0 aliphatic carbocycles. The van der Waals surface area contributed by atoms with Crippen LogP contribution >= 0.6 is 0 Å². The molecule has 1 amide bonds. The molecule has 0 bridgehead atoms. The maximum Gasteiger partial charge on any atom is 0.237 e. The van der Waals surface area contributed by atoms with Crippen molar-refractivity contribution in [2.24, 2.45) is 7.05 Å². The van der Waals surface area contributed by atoms with Gasteiger partial charge in [0, 0.05) is 25.9 Å². The van der Waals surface area contributed by atoms with Gasteiger partial charge < -0.3 is 4.90 Å². The van der Waals surface area contributed by atoms with Crippen molar-refractivity contribution in [3.8, 4) is 0 Å². The number of amides is 1. The van der Waals surface area contributed by atoms with E-state index in [1.165, 1.54) is 0 Å². The first-order valence-electron chi connectivity index (χ1n) is 4.16. The summed E-state index contributed by atoms with van der Waals surface area (Å²) >= 11 is 0. The number of hydrogen-bond donors (Lipinski definition) is 1. The summed E-state index contributed by atoms with van der Waals surface area (Å²) in [5.41, 5.74) is 1.02. The topological polar surface area (TPSA) is 50.2 Å². The average molecular weight is 180 g/mol. The zero-order chi connectivity index (χ0) is 9.42. The summed E-state index contributed by atoms with van der Waals surface area (Å²) < 4.78 is 1.73. The fourth-order valence-corrected chi connectivity index (χ4v) is 1.51. The van der Waals surface area contributed by atoms with Crippen LogP contribution in [0.15, 0.2) is 12.4 Å². The fourth-order valence-electron chi connectivity index (χ4n) is 1.51. The van der Waals surface area contributed by atoms with Crippen LogP contribution in [-0.2, 0) is 11.8 Å². The van der Waals surface area contributed by atoms with Crippen LogP contribution in [0.4, 0.5) is 0 Å². The number of aryl methyl sites for hydroxylation is 1. The molecule has 0 aromatic carbocycles. The normalized spacial score (nSPS) is 22.8. The molecule has 1 saturated heterocycles. The monoisotopic (exact) mass is 180 g/mol. The summed E-state index contributed by atoms with van der Waals surface area (Å²) in [6.45, 7) is 0.413. The van der Waals surface area contributed by atoms with Crippen LogP contribution in [0.2, 0.25) is 0 Å². The lowest BCUT2D eigenvalue weighted by molar-refractivity contribution is -0.126. The van der Waals surface area contributed by atoms with Crippen molar-refractivity contribution in [1.29, 1.82) is 0 Å². The van der Waals surface area contributed by atoms with Crippen LogP contribution in [-0.4, -0.2) is 34.2 Å². The zero-order valence-electron chi connectivity index (χ0n) is 7.69. The number of aromatic nitrogens is 2. The molecule has 2 heterocycles. The largest absolute Gasteiger partial charge is 0.325 e. The molecular formula is C8H12N4O. The van der Waals surface area contributed by atoms with Gasteiger partial charge in [-0.05, 0) is 0 Å². The molecule has 1 fully saturated rings. The molecule has 1 aromatic heterocycles. The Balaban J connectivity index is 2.23. The number of carbonyl (C=O) groups is 1. The Labute approximate surface area is 76.3 Å². The van der Waals surface area contributed by atoms with Crippen LogP contribution in [0, 0.1) is 0 Å². The Morgan fingerprint density at radius 1 is 1.62 bits per heavy atom. The molecule has 5 nitrogen and oxygen atoms in total. The maximum absolute atomic E-state index is 11.2. The van der Waals surface area contributed by atoms with Gasteiger partial charge in [-0.1, -0.05) is 0 Å². The first kappa shape index (κ1) is 8.25. The molecule has 1 aliphatic heterocycles. The molecule has 2 rings (SSSR count). The van der Waals surface area contributed by atoms with E-state index in [1.807, 2.05) is 13.2 Å². The minimum absolute atomic E-state index is 0.0128. The standard InChI is InChI=1S/C8H12N4O/c1-11-5-6(3-10-11)8-9-4-7(13)12(8)2/h3,5,8-9H,4H2,1-2H3. The van der Waals surface area contributed by atoms with Crippen LogP contribution in [0.25, 0.3) is 0 Å². The van der Waals surface area contributed by atoms with Crippen molar-refractivity contribution in [1.82, 2.24) is 20.0 Å². The van der Waals surface area contributed by atoms with E-state index in [4.69, 9.17) is 0 Å². The first-order valence-corrected chi connectivity index (χ1v) is 4.16. The summed E-state index contributed by atoms with van der Waals surface area (Å²) in [7, 11) is 3.65. The smallest absolute Gasteiger partial charge is 0.237 e. The van der Waals surface area contributed by atoms with E-state index >= 15 is 0 Å². The van der Waals surface area contributed by atoms with Gasteiger partial charge in [0.15, 0.2) is 0 Å². The SMILES string of the molecule is CN1C(=O)CNC1c1cnn(C)c1. The third-order valence-corrected chi connectivity index (χ3v) is 2.27. The molecule has 1 N–H and O–H groups in total. The average Bonchev–Trinajstić information content (AvgIpc) is 2.62. The minimum Gasteiger partial charge on any atom is -0.325 e. The van der Waals surface area contributed by atoms with Gasteiger partial charge in [0.25, 0.3) is 0 Å². The van der Waals surface area contributed by atoms with Gasteiger partial charge in [-0.2, -0.15) is 5.10 Å². The summed E-state index contributed by atoms with van der Waals surface area (Å²) in [6.07, 6.45) is 3.67. The van der Waals surface area contributed by atoms with Crippen LogP contribution in [0.5, 0.6) is 0 Å². The van der Waals surface area contributed by atoms with Crippen molar-refractivity contribution < 1.29 is 4.79 Å². The fraction of sp³-hybridized carbons (Fsp3) is 0.500. The number of nitrogens with one attached hydrogen (secondary N) is 1. The second kappa shape index (κ2) is 2.85. The van der Waals surface area contributed by atoms with Crippen molar-refractivity contribution >= 4 is 5.91 Å². The molecule has 13 heavy (non-hydrogen) atoms. The third-order valence-electron chi connectivity index (χ3n) is 2.27. The predicted octanol–water partition coefficient (Wildman–Crippen LogP) is -0.520. The number of hydrogen-bond acceptors (Lipinski definition) is 3. The summed E-state index contributed by atoms with van der Waals surface area (Å²) in [5, 5.41) is 7.17. The molecule has 1 aliphatic rings. The van der Waals surface area contributed by atoms with Gasteiger partial charge >= 0.3 is 0 Å². The van der Waals surface area contributed by atoms with E-state index in [-0.39, 0.29) is 12.1 Å². The van der Waals surface area contributed by atoms with Crippen molar-refractivity contribution in [2.45, 2.75) is 6.17 Å². The van der Waals surface area contributed by atoms with Gasteiger partial charge in [-0.3, -0.25) is 14.8 Å². The van der Waals surface area contributed by atoms with Crippen LogP contribution < -0.4 is 5.32 Å². The molecular weight excluding hydrogens is 168 g/mol. The van der Waals surface area contributed by atoms with E-state index < -0.39 is 0 Å². The molecule has 0 radical (unpaired) electrons. The van der Waals surface area contributed by atoms with E-state index in [2.05, 4.69) is 10.4 Å². The van der Waals surface area contributed by atoms with E-state index in [0.29, 0.717) is 6.54 Å². The highest BCUT2D eigenvalue weighted by atomic mass is 16.2.